The van der Waals surface area contributed by atoms with Gasteiger partial charge in [0.15, 0.2) is 16.5 Å². The van der Waals surface area contributed by atoms with Crippen molar-refractivity contribution in [2.75, 3.05) is 6.54 Å². The molecule has 1 aliphatic heterocycles. The number of hydrogen-bond acceptors (Lipinski definition) is 2. The third kappa shape index (κ3) is 3.45. The summed E-state index contributed by atoms with van der Waals surface area (Å²) in [5.74, 6) is 0.0570. The van der Waals surface area contributed by atoms with Crippen molar-refractivity contribution in [3.8, 4) is 0 Å². The van der Waals surface area contributed by atoms with Crippen LogP contribution >= 0.6 is 0 Å². The molecule has 0 atom stereocenters. The van der Waals surface area contributed by atoms with Crippen LogP contribution < -0.4 is 0 Å². The topological polar surface area (TPSA) is 40.6 Å². The number of rotatable bonds is 8. The smallest absolute Gasteiger partial charge is 0.311 e. The average molecular weight is 413 g/mol. The van der Waals surface area contributed by atoms with Gasteiger partial charge in [0, 0.05) is 0 Å². The fraction of sp³-hybridized carbons (Fsp3) is 0.905. The first-order valence-corrected chi connectivity index (χ1v) is 15.2. The Kier molecular flexibility index (Phi) is 7.59. The van der Waals surface area contributed by atoms with Crippen LogP contribution in [0.5, 0.6) is 0 Å². The van der Waals surface area contributed by atoms with Crippen LogP contribution in [-0.2, 0) is 4.79 Å². The van der Waals surface area contributed by atoms with Crippen LogP contribution in [0.2, 0.25) is 33.2 Å². The van der Waals surface area contributed by atoms with Gasteiger partial charge in [-0.1, -0.05) is 83.1 Å². The highest BCUT2D eigenvalue weighted by atomic mass is 28.3. The molecule has 1 saturated heterocycles. The Morgan fingerprint density at radius 3 is 1.15 bits per heavy atom. The van der Waals surface area contributed by atoms with Gasteiger partial charge in [-0.3, -0.25) is 9.36 Å². The lowest BCUT2D eigenvalue weighted by atomic mass is 10.5. The summed E-state index contributed by atoms with van der Waals surface area (Å²) < 4.78 is 3.91. The van der Waals surface area contributed by atoms with Crippen molar-refractivity contribution in [1.82, 2.24) is 9.13 Å². The van der Waals surface area contributed by atoms with E-state index < -0.39 is 16.5 Å². The highest BCUT2D eigenvalue weighted by Gasteiger charge is 2.61. The summed E-state index contributed by atoms with van der Waals surface area (Å²) in [5.41, 5.74) is 2.29. The molecule has 0 radical (unpaired) electrons. The van der Waals surface area contributed by atoms with E-state index >= 15 is 0 Å². The summed E-state index contributed by atoms with van der Waals surface area (Å²) in [6, 6.07) is 0.0329. The first kappa shape index (κ1) is 24.4. The number of imide groups is 1. The molecule has 0 aromatic carbocycles. The summed E-state index contributed by atoms with van der Waals surface area (Å²) in [5, 5.41) is 0. The molecule has 158 valence electrons. The fourth-order valence-electron chi connectivity index (χ4n) is 6.89. The zero-order valence-corrected chi connectivity index (χ0v) is 21.9. The van der Waals surface area contributed by atoms with Gasteiger partial charge in [0.2, 0.25) is 5.91 Å². The van der Waals surface area contributed by atoms with Gasteiger partial charge in [-0.15, -0.1) is 0 Å². The van der Waals surface area contributed by atoms with Gasteiger partial charge in [0.1, 0.15) is 0 Å². The normalized spacial score (nSPS) is 17.3. The molecule has 0 unspecified atom stereocenters. The Labute approximate surface area is 170 Å². The molecule has 0 saturated carbocycles. The van der Waals surface area contributed by atoms with Crippen LogP contribution in [0.15, 0.2) is 0 Å². The van der Waals surface area contributed by atoms with Crippen LogP contribution in [-0.4, -0.2) is 44.1 Å². The Hall–Kier alpha value is -0.626. The predicted octanol–water partition coefficient (Wildman–Crippen LogP) is 6.60. The number of carbonyl (C=O) groups is 2. The van der Waals surface area contributed by atoms with E-state index in [0.717, 1.165) is 0 Å². The summed E-state index contributed by atoms with van der Waals surface area (Å²) in [6.45, 7) is 27.1. The quantitative estimate of drug-likeness (QED) is 0.333. The minimum absolute atomic E-state index is 0.0329. The molecule has 0 bridgehead atoms. The summed E-state index contributed by atoms with van der Waals surface area (Å²) in [4.78, 5) is 27.3. The van der Waals surface area contributed by atoms with Gasteiger partial charge in [-0.25, -0.2) is 4.79 Å². The number of hydrogen-bond donors (Lipinski definition) is 0. The van der Waals surface area contributed by atoms with Crippen molar-refractivity contribution in [2.24, 2.45) is 0 Å². The SMILES string of the molecule is CC(C)[Si](C(C)C)(C(C)C)N1CC(=O)N([Si](C(C)C)(C(C)C)C(C)C)C1=O. The zero-order chi connectivity index (χ0) is 21.5. The lowest BCUT2D eigenvalue weighted by Gasteiger charge is -2.51. The second-order valence-corrected chi connectivity index (χ2v) is 21.8. The highest BCUT2D eigenvalue weighted by Crippen LogP contribution is 2.50. The standard InChI is InChI=1S/C21H44N2O2Si2/c1-14(2)26(15(3)4,16(5)6)22-13-20(24)23(21(22)25)27(17(7)8,18(9)10)19(11)12/h14-19H,13H2,1-12H3. The highest BCUT2D eigenvalue weighted by molar-refractivity contribution is 6.88. The fourth-order valence-corrected chi connectivity index (χ4v) is 20.2. The van der Waals surface area contributed by atoms with E-state index in [1.165, 1.54) is 0 Å². The maximum Gasteiger partial charge on any atom is 0.311 e. The number of nitrogens with zero attached hydrogens (tertiary/aromatic N) is 2. The molecule has 6 heteroatoms. The van der Waals surface area contributed by atoms with Gasteiger partial charge < -0.3 is 4.57 Å². The molecule has 0 aromatic heterocycles. The third-order valence-corrected chi connectivity index (χ3v) is 21.0. The minimum atomic E-state index is -2.33. The van der Waals surface area contributed by atoms with Crippen molar-refractivity contribution in [3.63, 3.8) is 0 Å². The second kappa shape index (κ2) is 8.40. The van der Waals surface area contributed by atoms with Crippen LogP contribution in [0, 0.1) is 0 Å². The Morgan fingerprint density at radius 1 is 0.593 bits per heavy atom. The molecule has 0 aromatic rings. The minimum Gasteiger partial charge on any atom is -0.342 e. The molecule has 1 fully saturated rings. The molecule has 1 rings (SSSR count). The van der Waals surface area contributed by atoms with Gasteiger partial charge in [-0.05, 0) is 33.2 Å². The van der Waals surface area contributed by atoms with E-state index in [1.54, 1.807) is 0 Å². The third-order valence-electron chi connectivity index (χ3n) is 7.37. The van der Waals surface area contributed by atoms with E-state index in [1.807, 2.05) is 4.57 Å². The molecule has 0 spiro atoms. The maximum atomic E-state index is 13.9. The number of carbonyl (C=O) groups excluding carboxylic acids is 2. The molecule has 0 aliphatic carbocycles. The van der Waals surface area contributed by atoms with Crippen LogP contribution in [0.1, 0.15) is 83.1 Å². The van der Waals surface area contributed by atoms with Gasteiger partial charge >= 0.3 is 6.03 Å². The summed E-state index contributed by atoms with van der Waals surface area (Å²) in [7, 11) is -4.51. The Morgan fingerprint density at radius 2 is 0.889 bits per heavy atom. The van der Waals surface area contributed by atoms with E-state index in [2.05, 4.69) is 87.7 Å². The molecule has 27 heavy (non-hydrogen) atoms. The lowest BCUT2D eigenvalue weighted by molar-refractivity contribution is -0.122. The van der Waals surface area contributed by atoms with Crippen molar-refractivity contribution in [1.29, 1.82) is 0 Å². The molecule has 1 heterocycles. The van der Waals surface area contributed by atoms with Crippen molar-refractivity contribution >= 4 is 28.4 Å². The predicted molar refractivity (Wildman–Crippen MR) is 121 cm³/mol. The first-order chi connectivity index (χ1) is 12.2. The Bertz CT molecular complexity index is 513. The molecule has 3 amide bonds. The van der Waals surface area contributed by atoms with Gasteiger partial charge in [0.25, 0.3) is 0 Å². The van der Waals surface area contributed by atoms with E-state index in [0.29, 0.717) is 39.8 Å². The van der Waals surface area contributed by atoms with Gasteiger partial charge in [0.05, 0.1) is 6.54 Å². The molecular formula is C21H44N2O2Si2. The van der Waals surface area contributed by atoms with Crippen LogP contribution in [0.25, 0.3) is 0 Å². The van der Waals surface area contributed by atoms with Crippen LogP contribution in [0.4, 0.5) is 4.79 Å². The molecule has 0 N–H and O–H groups in total. The molecule has 4 nitrogen and oxygen atoms in total. The average Bonchev–Trinajstić information content (AvgIpc) is 2.75. The van der Waals surface area contributed by atoms with Crippen LogP contribution in [0.3, 0.4) is 0 Å². The zero-order valence-electron chi connectivity index (χ0n) is 19.9. The van der Waals surface area contributed by atoms with Gasteiger partial charge in [-0.2, -0.15) is 0 Å². The number of urea groups is 1. The Balaban J connectivity index is 3.64. The number of amides is 3. The van der Waals surface area contributed by atoms with E-state index in [-0.39, 0.29) is 11.9 Å². The van der Waals surface area contributed by atoms with Crippen molar-refractivity contribution in [3.05, 3.63) is 0 Å². The summed E-state index contributed by atoms with van der Waals surface area (Å²) in [6.07, 6.45) is 0. The van der Waals surface area contributed by atoms with E-state index in [9.17, 15) is 9.59 Å². The van der Waals surface area contributed by atoms with E-state index in [4.69, 9.17) is 0 Å². The molecular weight excluding hydrogens is 368 g/mol. The molecule has 1 aliphatic rings. The monoisotopic (exact) mass is 412 g/mol. The second-order valence-electron chi connectivity index (χ2n) is 10.3. The van der Waals surface area contributed by atoms with Crippen molar-refractivity contribution in [2.45, 2.75) is 116 Å². The summed E-state index contributed by atoms with van der Waals surface area (Å²) >= 11 is 0. The first-order valence-electron chi connectivity index (χ1n) is 10.9. The van der Waals surface area contributed by atoms with Crippen molar-refractivity contribution < 1.29 is 9.59 Å². The maximum absolute atomic E-state index is 13.9. The lowest BCUT2D eigenvalue weighted by Crippen LogP contribution is -2.65. The largest absolute Gasteiger partial charge is 0.342 e.